The van der Waals surface area contributed by atoms with E-state index in [9.17, 15) is 14.4 Å². The maximum atomic E-state index is 13.3. The van der Waals surface area contributed by atoms with Crippen molar-refractivity contribution in [2.45, 2.75) is 20.4 Å². The number of carbonyl (C=O) groups excluding carboxylic acids is 3. The summed E-state index contributed by atoms with van der Waals surface area (Å²) in [6.07, 6.45) is 0.941. The first-order valence-corrected chi connectivity index (χ1v) is 10.8. The first-order valence-electron chi connectivity index (χ1n) is 10.8. The second-order valence-corrected chi connectivity index (χ2v) is 7.90. The van der Waals surface area contributed by atoms with Crippen molar-refractivity contribution >= 4 is 45.2 Å². The molecule has 1 aromatic heterocycles. The number of benzene rings is 3. The molecule has 0 unspecified atom stereocenters. The number of Topliss-reactive ketones (excluding diaryl/α,β-unsaturated/α-hetero) is 1. The molecule has 168 valence electrons. The van der Waals surface area contributed by atoms with Crippen LogP contribution in [0.3, 0.4) is 0 Å². The van der Waals surface area contributed by atoms with Crippen LogP contribution in [0.5, 0.6) is 5.75 Å². The number of carbonyl (C=O) groups is 3. The maximum absolute atomic E-state index is 13.3. The van der Waals surface area contributed by atoms with Crippen LogP contribution in [0.25, 0.3) is 21.8 Å². The Labute approximate surface area is 194 Å². The standard InChI is InChI=1S/C27H20N2O5/c1-4-22(30)34-28-27-25(32)18-11-13-21-23(26(18)33-27)19-14-16(10-12-20(19)29(21)5-2)24(31)17-9-7-6-8-15(17)3/h4,6-14H,1,5H2,2-3H3. The Morgan fingerprint density at radius 1 is 1.12 bits per heavy atom. The molecule has 4 aromatic rings. The van der Waals surface area contributed by atoms with Crippen LogP contribution in [0, 0.1) is 6.92 Å². The molecule has 7 heteroatoms. The summed E-state index contributed by atoms with van der Waals surface area (Å²) in [5, 5.41) is 5.04. The predicted octanol–water partition coefficient (Wildman–Crippen LogP) is 4.97. The fraction of sp³-hybridized carbons (Fsp3) is 0.111. The zero-order chi connectivity index (χ0) is 24.0. The highest BCUT2D eigenvalue weighted by molar-refractivity contribution is 6.47. The van der Waals surface area contributed by atoms with Gasteiger partial charge in [-0.25, -0.2) is 4.79 Å². The SMILES string of the molecule is C=CC(=O)ON=C1Oc2c(ccc3c2c2cc(C(=O)c4ccccc4C)ccc2n3CC)C1=O. The molecule has 0 bridgehead atoms. The van der Waals surface area contributed by atoms with Crippen molar-refractivity contribution in [1.82, 2.24) is 4.57 Å². The van der Waals surface area contributed by atoms with Gasteiger partial charge in [-0.05, 0) is 54.9 Å². The van der Waals surface area contributed by atoms with Crippen molar-refractivity contribution in [2.24, 2.45) is 5.16 Å². The molecule has 0 radical (unpaired) electrons. The Morgan fingerprint density at radius 3 is 2.62 bits per heavy atom. The fourth-order valence-electron chi connectivity index (χ4n) is 4.35. The number of hydrogen-bond acceptors (Lipinski definition) is 6. The first kappa shape index (κ1) is 21.3. The Hall–Kier alpha value is -4.52. The van der Waals surface area contributed by atoms with Crippen LogP contribution in [0.2, 0.25) is 0 Å². The molecule has 5 rings (SSSR count). The van der Waals surface area contributed by atoms with Crippen LogP contribution in [-0.2, 0) is 16.2 Å². The zero-order valence-corrected chi connectivity index (χ0v) is 18.6. The van der Waals surface area contributed by atoms with E-state index in [-0.39, 0.29) is 11.7 Å². The number of ketones is 2. The molecule has 0 N–H and O–H groups in total. The predicted molar refractivity (Wildman–Crippen MR) is 128 cm³/mol. The number of aryl methyl sites for hydroxylation is 2. The third kappa shape index (κ3) is 3.21. The van der Waals surface area contributed by atoms with Crippen LogP contribution < -0.4 is 4.74 Å². The summed E-state index contributed by atoms with van der Waals surface area (Å²) in [7, 11) is 0. The molecule has 0 saturated heterocycles. The van der Waals surface area contributed by atoms with Crippen molar-refractivity contribution in [3.8, 4) is 5.75 Å². The van der Waals surface area contributed by atoms with Gasteiger partial charge in [0.25, 0.3) is 5.78 Å². The minimum atomic E-state index is -0.799. The monoisotopic (exact) mass is 452 g/mol. The van der Waals surface area contributed by atoms with E-state index in [0.717, 1.165) is 28.1 Å². The number of aromatic nitrogens is 1. The van der Waals surface area contributed by atoms with Crippen LogP contribution >= 0.6 is 0 Å². The second-order valence-electron chi connectivity index (χ2n) is 7.90. The van der Waals surface area contributed by atoms with Crippen molar-refractivity contribution in [3.05, 3.63) is 89.5 Å². The molecule has 0 aliphatic carbocycles. The summed E-state index contributed by atoms with van der Waals surface area (Å²) in [6, 6.07) is 16.5. The third-order valence-corrected chi connectivity index (χ3v) is 5.97. The molecule has 0 spiro atoms. The normalized spacial score (nSPS) is 13.8. The average molecular weight is 452 g/mol. The van der Waals surface area contributed by atoms with Gasteiger partial charge < -0.3 is 14.1 Å². The van der Waals surface area contributed by atoms with E-state index < -0.39 is 11.8 Å². The third-order valence-electron chi connectivity index (χ3n) is 5.97. The maximum Gasteiger partial charge on any atom is 0.358 e. The summed E-state index contributed by atoms with van der Waals surface area (Å²) >= 11 is 0. The van der Waals surface area contributed by atoms with Gasteiger partial charge in [-0.3, -0.25) is 9.59 Å². The van der Waals surface area contributed by atoms with Gasteiger partial charge in [0, 0.05) is 34.7 Å². The highest BCUT2D eigenvalue weighted by atomic mass is 16.7. The zero-order valence-electron chi connectivity index (χ0n) is 18.6. The molecular weight excluding hydrogens is 432 g/mol. The lowest BCUT2D eigenvalue weighted by molar-refractivity contribution is -0.137. The highest BCUT2D eigenvalue weighted by Gasteiger charge is 2.33. The number of hydrogen-bond donors (Lipinski definition) is 0. The molecule has 1 aliphatic heterocycles. The van der Waals surface area contributed by atoms with E-state index in [1.807, 2.05) is 62.4 Å². The van der Waals surface area contributed by atoms with Gasteiger partial charge in [0.15, 0.2) is 11.5 Å². The summed E-state index contributed by atoms with van der Waals surface area (Å²) in [6.45, 7) is 7.90. The fourth-order valence-corrected chi connectivity index (χ4v) is 4.35. The van der Waals surface area contributed by atoms with Gasteiger partial charge in [0.2, 0.25) is 0 Å². The van der Waals surface area contributed by atoms with E-state index in [4.69, 9.17) is 4.74 Å². The smallest absolute Gasteiger partial charge is 0.358 e. The van der Waals surface area contributed by atoms with Crippen molar-refractivity contribution in [1.29, 1.82) is 0 Å². The Bertz CT molecular complexity index is 1580. The van der Waals surface area contributed by atoms with Gasteiger partial charge in [-0.2, -0.15) is 0 Å². The van der Waals surface area contributed by atoms with Crippen molar-refractivity contribution < 1.29 is 24.0 Å². The van der Waals surface area contributed by atoms with E-state index >= 15 is 0 Å². The lowest BCUT2D eigenvalue weighted by Gasteiger charge is -2.06. The molecule has 3 aromatic carbocycles. The van der Waals surface area contributed by atoms with Gasteiger partial charge in [-0.15, -0.1) is 0 Å². The number of oxime groups is 1. The second kappa shape index (κ2) is 8.12. The van der Waals surface area contributed by atoms with Gasteiger partial charge in [0.1, 0.15) is 0 Å². The molecule has 34 heavy (non-hydrogen) atoms. The lowest BCUT2D eigenvalue weighted by atomic mass is 9.97. The minimum absolute atomic E-state index is 0.0828. The molecule has 2 heterocycles. The van der Waals surface area contributed by atoms with Crippen molar-refractivity contribution in [2.75, 3.05) is 0 Å². The highest BCUT2D eigenvalue weighted by Crippen LogP contribution is 2.41. The largest absolute Gasteiger partial charge is 0.432 e. The lowest BCUT2D eigenvalue weighted by Crippen LogP contribution is -2.13. The minimum Gasteiger partial charge on any atom is -0.432 e. The Morgan fingerprint density at radius 2 is 1.88 bits per heavy atom. The first-order chi connectivity index (χ1) is 16.4. The van der Waals surface area contributed by atoms with E-state index in [1.165, 1.54) is 0 Å². The van der Waals surface area contributed by atoms with E-state index in [2.05, 4.69) is 21.1 Å². The van der Waals surface area contributed by atoms with E-state index in [1.54, 1.807) is 6.07 Å². The Balaban J connectivity index is 1.70. The molecule has 7 nitrogen and oxygen atoms in total. The Kier molecular flexibility index (Phi) is 5.09. The molecule has 0 amide bonds. The van der Waals surface area contributed by atoms with Gasteiger partial charge in [-0.1, -0.05) is 30.8 Å². The molecule has 0 atom stereocenters. The molecule has 1 aliphatic rings. The average Bonchev–Trinajstić information content (AvgIpc) is 3.35. The molecule has 0 saturated carbocycles. The number of nitrogens with zero attached hydrogens (tertiary/aromatic N) is 2. The van der Waals surface area contributed by atoms with E-state index in [0.29, 0.717) is 34.4 Å². The summed E-state index contributed by atoms with van der Waals surface area (Å²) in [4.78, 5) is 42.1. The van der Waals surface area contributed by atoms with Crippen LogP contribution in [0.15, 0.2) is 72.4 Å². The molecular formula is C27H20N2O5. The quantitative estimate of drug-likeness (QED) is 0.185. The van der Waals surface area contributed by atoms with Crippen LogP contribution in [0.4, 0.5) is 0 Å². The topological polar surface area (TPSA) is 87.0 Å². The number of ether oxygens (including phenoxy) is 1. The van der Waals surface area contributed by atoms with Crippen molar-refractivity contribution in [3.63, 3.8) is 0 Å². The van der Waals surface area contributed by atoms with Gasteiger partial charge in [0.05, 0.1) is 16.5 Å². The number of rotatable bonds is 5. The van der Waals surface area contributed by atoms with Crippen LogP contribution in [-0.4, -0.2) is 28.0 Å². The van der Waals surface area contributed by atoms with Gasteiger partial charge >= 0.3 is 11.9 Å². The summed E-state index contributed by atoms with van der Waals surface area (Å²) in [5.74, 6) is -1.37. The summed E-state index contributed by atoms with van der Waals surface area (Å²) < 4.78 is 7.88. The summed E-state index contributed by atoms with van der Waals surface area (Å²) in [5.41, 5.74) is 4.14. The molecule has 0 fully saturated rings. The van der Waals surface area contributed by atoms with Crippen LogP contribution in [0.1, 0.15) is 38.8 Å². The number of fused-ring (bicyclic) bond motifs is 5.